The van der Waals surface area contributed by atoms with Crippen LogP contribution >= 0.6 is 9.19 Å². The Balaban J connectivity index is 1.62. The first-order chi connectivity index (χ1) is 16.0. The van der Waals surface area contributed by atoms with Gasteiger partial charge in [-0.2, -0.15) is 0 Å². The summed E-state index contributed by atoms with van der Waals surface area (Å²) >= 11 is 0.233. The number of halogens is 1. The van der Waals surface area contributed by atoms with Gasteiger partial charge in [0, 0.05) is 0 Å². The van der Waals surface area contributed by atoms with Crippen LogP contribution in [-0.4, -0.2) is 29.6 Å². The molecule has 2 saturated heterocycles. The third-order valence-corrected chi connectivity index (χ3v) is 9.06. The zero-order valence-electron chi connectivity index (χ0n) is 20.1. The van der Waals surface area contributed by atoms with Crippen molar-refractivity contribution in [2.45, 2.75) is 64.8 Å². The van der Waals surface area contributed by atoms with E-state index >= 15 is 0 Å². The van der Waals surface area contributed by atoms with E-state index in [9.17, 15) is 0 Å². The van der Waals surface area contributed by atoms with Gasteiger partial charge in [0.25, 0.3) is 0 Å². The SMILES string of the molecule is CC(C)c1cccc(C(C)C)c1N1CN2c3c(cccc3N3CCCCC3)C=CC2[C]1=[Ag-2][Cl]. The molecule has 182 valence electrons. The molecule has 1 atom stereocenters. The molecule has 0 aliphatic carbocycles. The van der Waals surface area contributed by atoms with E-state index in [1.807, 2.05) is 0 Å². The molecule has 5 rings (SSSR count). The van der Waals surface area contributed by atoms with Crippen molar-refractivity contribution in [1.29, 1.82) is 0 Å². The molecule has 3 nitrogen and oxygen atoms in total. The van der Waals surface area contributed by atoms with Gasteiger partial charge in [-0.05, 0) is 0 Å². The van der Waals surface area contributed by atoms with Gasteiger partial charge in [0.1, 0.15) is 0 Å². The van der Waals surface area contributed by atoms with Crippen molar-refractivity contribution in [1.82, 2.24) is 0 Å². The Labute approximate surface area is 212 Å². The monoisotopic (exact) mass is 555 g/mol. The van der Waals surface area contributed by atoms with Gasteiger partial charge in [0.2, 0.25) is 0 Å². The second kappa shape index (κ2) is 9.62. The summed E-state index contributed by atoms with van der Waals surface area (Å²) in [6.45, 7) is 12.4. The summed E-state index contributed by atoms with van der Waals surface area (Å²) in [5.41, 5.74) is 8.32. The Morgan fingerprint density at radius 1 is 0.879 bits per heavy atom. The Hall–Kier alpha value is -1.52. The first kappa shape index (κ1) is 23.2. The number of anilines is 3. The molecule has 5 heteroatoms. The van der Waals surface area contributed by atoms with Gasteiger partial charge in [0.15, 0.2) is 0 Å². The number of hydrogen-bond acceptors (Lipinski definition) is 3. The van der Waals surface area contributed by atoms with E-state index in [1.54, 1.807) is 0 Å². The Bertz CT molecular complexity index is 1060. The molecule has 3 heterocycles. The van der Waals surface area contributed by atoms with Gasteiger partial charge in [-0.15, -0.1) is 0 Å². The molecular formula is C28H35AgClN3-2. The fourth-order valence-electron chi connectivity index (χ4n) is 5.60. The van der Waals surface area contributed by atoms with Gasteiger partial charge in [-0.1, -0.05) is 0 Å². The molecule has 0 saturated carbocycles. The number of benzene rings is 2. The Kier molecular flexibility index (Phi) is 6.77. The van der Waals surface area contributed by atoms with Crippen molar-refractivity contribution in [3.8, 4) is 0 Å². The molecule has 3 aliphatic heterocycles. The number of piperidine rings is 1. The molecule has 3 aliphatic rings. The first-order valence-electron chi connectivity index (χ1n) is 12.3. The van der Waals surface area contributed by atoms with E-state index < -0.39 is 0 Å². The quantitative estimate of drug-likeness (QED) is 0.377. The van der Waals surface area contributed by atoms with E-state index in [0.717, 1.165) is 19.8 Å². The summed E-state index contributed by atoms with van der Waals surface area (Å²) in [7, 11) is 6.73. The van der Waals surface area contributed by atoms with Crippen LogP contribution in [0.5, 0.6) is 0 Å². The van der Waals surface area contributed by atoms with E-state index in [4.69, 9.17) is 9.19 Å². The number of para-hydroxylation sites is 2. The second-order valence-corrected chi connectivity index (χ2v) is 11.8. The summed E-state index contributed by atoms with van der Waals surface area (Å²) in [5.74, 6) is 0.923. The number of fused-ring (bicyclic) bond motifs is 3. The number of rotatable bonds is 4. The van der Waals surface area contributed by atoms with Gasteiger partial charge in [-0.3, -0.25) is 0 Å². The van der Waals surface area contributed by atoms with Gasteiger partial charge < -0.3 is 0 Å². The number of nitrogens with zero attached hydrogens (tertiary/aromatic N) is 3. The van der Waals surface area contributed by atoms with Crippen molar-refractivity contribution >= 4 is 36.2 Å². The van der Waals surface area contributed by atoms with Crippen LogP contribution in [0.15, 0.2) is 42.5 Å². The maximum atomic E-state index is 6.73. The minimum absolute atomic E-state index is 0.223. The standard InChI is InChI=1S/C28H35N3.Ag.ClH/c1-20(2)24-11-9-12-25(21(3)4)28(24)30-18-23-15-14-22-10-8-13-26(27(22)31(23)19-30)29-16-6-5-7-17-29;;/h8-15,20-21,23H,5-7,16-17,19H2,1-4H3;;1H/q;-1;/p-1. The average molecular weight is 557 g/mol. The third-order valence-electron chi connectivity index (χ3n) is 7.25. The van der Waals surface area contributed by atoms with Crippen LogP contribution in [0.25, 0.3) is 6.08 Å². The van der Waals surface area contributed by atoms with E-state index in [0.29, 0.717) is 11.8 Å². The minimum atomic E-state index is 0.223. The number of hydrogen-bond donors (Lipinski definition) is 0. The molecule has 2 aromatic rings. The van der Waals surface area contributed by atoms with E-state index in [-0.39, 0.29) is 24.2 Å². The molecular weight excluding hydrogens is 522 g/mol. The van der Waals surface area contributed by atoms with Crippen molar-refractivity contribution < 1.29 is 18.2 Å². The predicted molar refractivity (Wildman–Crippen MR) is 141 cm³/mol. The third kappa shape index (κ3) is 4.12. The fraction of sp³-hybridized carbons (Fsp3) is 0.464. The second-order valence-electron chi connectivity index (χ2n) is 10.0. The van der Waals surface area contributed by atoms with Gasteiger partial charge >= 0.3 is 213 Å². The summed E-state index contributed by atoms with van der Waals surface area (Å²) in [6.07, 6.45) is 8.61. The molecule has 0 N–H and O–H groups in total. The maximum absolute atomic E-state index is 6.73. The first-order valence-corrected chi connectivity index (χ1v) is 15.0. The molecule has 2 fully saturated rings. The summed E-state index contributed by atoms with van der Waals surface area (Å²) < 4.78 is 1.32. The fourth-order valence-corrected chi connectivity index (χ4v) is 7.33. The van der Waals surface area contributed by atoms with Gasteiger partial charge in [-0.25, -0.2) is 0 Å². The normalized spacial score (nSPS) is 21.8. The molecule has 0 amide bonds. The molecule has 0 aromatic heterocycles. The van der Waals surface area contributed by atoms with Gasteiger partial charge in [0.05, 0.1) is 0 Å². The summed E-state index contributed by atoms with van der Waals surface area (Å²) in [5, 5.41) is 0. The van der Waals surface area contributed by atoms with Crippen LogP contribution in [0.2, 0.25) is 0 Å². The summed E-state index contributed by atoms with van der Waals surface area (Å²) in [4.78, 5) is 7.76. The van der Waals surface area contributed by atoms with E-state index in [1.165, 1.54) is 56.9 Å². The Morgan fingerprint density at radius 3 is 2.18 bits per heavy atom. The average Bonchev–Trinajstić information content (AvgIpc) is 3.22. The predicted octanol–water partition coefficient (Wildman–Crippen LogP) is 6.97. The van der Waals surface area contributed by atoms with E-state index in [2.05, 4.69) is 90.9 Å². The zero-order chi connectivity index (χ0) is 23.1. The van der Waals surface area contributed by atoms with Crippen molar-refractivity contribution in [3.05, 3.63) is 59.2 Å². The Morgan fingerprint density at radius 2 is 1.55 bits per heavy atom. The van der Waals surface area contributed by atoms with Crippen LogP contribution in [0.1, 0.15) is 75.5 Å². The topological polar surface area (TPSA) is 9.72 Å². The summed E-state index contributed by atoms with van der Waals surface area (Å²) in [6, 6.07) is 13.9. The van der Waals surface area contributed by atoms with Crippen LogP contribution < -0.4 is 14.7 Å². The molecule has 0 radical (unpaired) electrons. The van der Waals surface area contributed by atoms with Crippen LogP contribution in [0.3, 0.4) is 0 Å². The zero-order valence-corrected chi connectivity index (χ0v) is 22.4. The molecule has 0 bridgehead atoms. The van der Waals surface area contributed by atoms with Crippen molar-refractivity contribution in [2.24, 2.45) is 0 Å². The molecule has 1 unspecified atom stereocenters. The van der Waals surface area contributed by atoms with Crippen molar-refractivity contribution in [3.63, 3.8) is 0 Å². The van der Waals surface area contributed by atoms with Crippen LogP contribution in [-0.2, 0) is 18.2 Å². The van der Waals surface area contributed by atoms with Crippen molar-refractivity contribution in [2.75, 3.05) is 34.5 Å². The molecule has 0 spiro atoms. The van der Waals surface area contributed by atoms with Crippen LogP contribution in [0, 0.1) is 0 Å². The molecule has 33 heavy (non-hydrogen) atoms. The molecule has 2 aromatic carbocycles. The van der Waals surface area contributed by atoms with Crippen LogP contribution in [0.4, 0.5) is 17.1 Å².